The van der Waals surface area contributed by atoms with E-state index in [0.717, 1.165) is 5.56 Å². The van der Waals surface area contributed by atoms with E-state index in [2.05, 4.69) is 4.72 Å². The maximum Gasteiger partial charge on any atom is 0.240 e. The average molecular weight is 346 g/mol. The first kappa shape index (κ1) is 20.0. The zero-order valence-electron chi connectivity index (χ0n) is 13.5. The second-order valence-electron chi connectivity index (χ2n) is 4.84. The lowest BCUT2D eigenvalue weighted by Gasteiger charge is -2.08. The van der Waals surface area contributed by atoms with E-state index in [4.69, 9.17) is 19.9 Å². The molecule has 132 valence electrons. The summed E-state index contributed by atoms with van der Waals surface area (Å²) in [6.07, 6.45) is 0. The molecule has 8 heteroatoms. The Bertz CT molecular complexity index is 519. The van der Waals surface area contributed by atoms with Crippen molar-refractivity contribution in [2.24, 2.45) is 5.73 Å². The van der Waals surface area contributed by atoms with Crippen LogP contribution in [0.3, 0.4) is 0 Å². The molecule has 0 aliphatic carbocycles. The monoisotopic (exact) mass is 346 g/mol. The van der Waals surface area contributed by atoms with Gasteiger partial charge in [-0.2, -0.15) is 0 Å². The first-order valence-corrected chi connectivity index (χ1v) is 9.04. The van der Waals surface area contributed by atoms with Crippen LogP contribution < -0.4 is 10.5 Å². The van der Waals surface area contributed by atoms with E-state index in [1.165, 1.54) is 0 Å². The number of benzene rings is 1. The lowest BCUT2D eigenvalue weighted by Crippen LogP contribution is -2.27. The molecule has 0 radical (unpaired) electrons. The molecule has 0 saturated carbocycles. The highest BCUT2D eigenvalue weighted by Crippen LogP contribution is 2.09. The van der Waals surface area contributed by atoms with Crippen molar-refractivity contribution in [2.45, 2.75) is 11.8 Å². The Kier molecular flexibility index (Phi) is 10.0. The summed E-state index contributed by atoms with van der Waals surface area (Å²) in [6, 6.07) is 6.69. The predicted octanol–water partition coefficient (Wildman–Crippen LogP) is 0.282. The molecule has 1 rings (SSSR count). The third-order valence-corrected chi connectivity index (χ3v) is 4.35. The van der Waals surface area contributed by atoms with Gasteiger partial charge in [0.25, 0.3) is 0 Å². The van der Waals surface area contributed by atoms with Crippen molar-refractivity contribution < 1.29 is 22.6 Å². The largest absolute Gasteiger partial charge is 0.378 e. The average Bonchev–Trinajstić information content (AvgIpc) is 2.53. The molecule has 0 atom stereocenters. The molecule has 0 spiro atoms. The highest BCUT2D eigenvalue weighted by molar-refractivity contribution is 7.89. The highest BCUT2D eigenvalue weighted by atomic mass is 32.2. The van der Waals surface area contributed by atoms with Crippen molar-refractivity contribution in [3.05, 3.63) is 29.8 Å². The number of nitrogens with one attached hydrogen (secondary N) is 1. The first-order valence-electron chi connectivity index (χ1n) is 7.56. The maximum atomic E-state index is 12.0. The predicted molar refractivity (Wildman–Crippen MR) is 87.9 cm³/mol. The number of sulfonamides is 1. The Morgan fingerprint density at radius 2 is 1.43 bits per heavy atom. The van der Waals surface area contributed by atoms with E-state index < -0.39 is 10.0 Å². The fourth-order valence-corrected chi connectivity index (χ4v) is 2.69. The van der Waals surface area contributed by atoms with Crippen molar-refractivity contribution in [3.63, 3.8) is 0 Å². The molecule has 1 aromatic carbocycles. The molecule has 1 aromatic rings. The first-order chi connectivity index (χ1) is 11.1. The fourth-order valence-electron chi connectivity index (χ4n) is 1.67. The molecule has 0 amide bonds. The highest BCUT2D eigenvalue weighted by Gasteiger charge is 2.12. The number of ether oxygens (including phenoxy) is 3. The van der Waals surface area contributed by atoms with Crippen LogP contribution in [0.5, 0.6) is 0 Å². The van der Waals surface area contributed by atoms with Gasteiger partial charge in [-0.05, 0) is 19.1 Å². The third-order valence-electron chi connectivity index (χ3n) is 2.88. The standard InChI is InChI=1S/C15H26N2O5S/c1-14-2-4-15(5-3-14)23(18,19)17-7-9-21-11-13-22-12-10-20-8-6-16/h2-5,17H,6-13,16H2,1H3. The van der Waals surface area contributed by atoms with Gasteiger partial charge < -0.3 is 19.9 Å². The third kappa shape index (κ3) is 8.99. The van der Waals surface area contributed by atoms with Gasteiger partial charge in [-0.3, -0.25) is 0 Å². The molecule has 0 bridgehead atoms. The van der Waals surface area contributed by atoms with Gasteiger partial charge in [-0.25, -0.2) is 13.1 Å². The van der Waals surface area contributed by atoms with Gasteiger partial charge in [0.1, 0.15) is 0 Å². The van der Waals surface area contributed by atoms with Crippen LogP contribution in [-0.4, -0.2) is 61.1 Å². The summed E-state index contributed by atoms with van der Waals surface area (Å²) in [5, 5.41) is 0. The molecule has 23 heavy (non-hydrogen) atoms. The van der Waals surface area contributed by atoms with Crippen LogP contribution in [0, 0.1) is 6.92 Å². The Hall–Kier alpha value is -1.03. The normalized spacial score (nSPS) is 11.7. The summed E-state index contributed by atoms with van der Waals surface area (Å²) in [4.78, 5) is 0.254. The van der Waals surface area contributed by atoms with Crippen LogP contribution in [-0.2, 0) is 24.2 Å². The van der Waals surface area contributed by atoms with Crippen molar-refractivity contribution in [2.75, 3.05) is 52.7 Å². The molecule has 7 nitrogen and oxygen atoms in total. The number of aryl methyl sites for hydroxylation is 1. The van der Waals surface area contributed by atoms with Gasteiger partial charge in [0.15, 0.2) is 0 Å². The molecular weight excluding hydrogens is 320 g/mol. The van der Waals surface area contributed by atoms with Gasteiger partial charge in [0, 0.05) is 13.1 Å². The Balaban J connectivity index is 2.05. The van der Waals surface area contributed by atoms with Crippen molar-refractivity contribution in [1.29, 1.82) is 0 Å². The molecule has 0 unspecified atom stereocenters. The van der Waals surface area contributed by atoms with Crippen molar-refractivity contribution >= 4 is 10.0 Å². The minimum atomic E-state index is -3.48. The fraction of sp³-hybridized carbons (Fsp3) is 0.600. The van der Waals surface area contributed by atoms with Gasteiger partial charge >= 0.3 is 0 Å². The minimum absolute atomic E-state index is 0.218. The van der Waals surface area contributed by atoms with E-state index in [0.29, 0.717) is 39.6 Å². The number of hydrogen-bond donors (Lipinski definition) is 2. The second-order valence-corrected chi connectivity index (χ2v) is 6.60. The maximum absolute atomic E-state index is 12.0. The topological polar surface area (TPSA) is 99.9 Å². The number of hydrogen-bond acceptors (Lipinski definition) is 6. The van der Waals surface area contributed by atoms with Crippen LogP contribution in [0.15, 0.2) is 29.2 Å². The van der Waals surface area contributed by atoms with Gasteiger partial charge in [-0.1, -0.05) is 17.7 Å². The van der Waals surface area contributed by atoms with E-state index in [-0.39, 0.29) is 18.0 Å². The van der Waals surface area contributed by atoms with Crippen molar-refractivity contribution in [3.8, 4) is 0 Å². The Morgan fingerprint density at radius 3 is 2.00 bits per heavy atom. The molecule has 0 saturated heterocycles. The lowest BCUT2D eigenvalue weighted by molar-refractivity contribution is 0.0171. The Morgan fingerprint density at radius 1 is 0.913 bits per heavy atom. The summed E-state index contributed by atoms with van der Waals surface area (Å²) in [7, 11) is -3.48. The van der Waals surface area contributed by atoms with Gasteiger partial charge in [0.05, 0.1) is 44.5 Å². The lowest BCUT2D eigenvalue weighted by atomic mass is 10.2. The van der Waals surface area contributed by atoms with E-state index >= 15 is 0 Å². The molecule has 0 aliphatic rings. The summed E-state index contributed by atoms with van der Waals surface area (Å²) >= 11 is 0. The molecular formula is C15H26N2O5S. The summed E-state index contributed by atoms with van der Waals surface area (Å²) in [5.41, 5.74) is 6.29. The van der Waals surface area contributed by atoms with Crippen LogP contribution in [0.25, 0.3) is 0 Å². The number of rotatable bonds is 13. The van der Waals surface area contributed by atoms with Crippen LogP contribution in [0.2, 0.25) is 0 Å². The van der Waals surface area contributed by atoms with E-state index in [1.54, 1.807) is 24.3 Å². The van der Waals surface area contributed by atoms with Crippen LogP contribution in [0.1, 0.15) is 5.56 Å². The molecule has 0 aliphatic heterocycles. The zero-order chi connectivity index (χ0) is 17.0. The summed E-state index contributed by atoms with van der Waals surface area (Å²) in [5.74, 6) is 0. The number of nitrogens with two attached hydrogens (primary N) is 1. The molecule has 0 aromatic heterocycles. The van der Waals surface area contributed by atoms with Gasteiger partial charge in [-0.15, -0.1) is 0 Å². The SMILES string of the molecule is Cc1ccc(S(=O)(=O)NCCOCCOCCOCCN)cc1. The molecule has 0 fully saturated rings. The van der Waals surface area contributed by atoms with E-state index in [9.17, 15) is 8.42 Å². The quantitative estimate of drug-likeness (QED) is 0.498. The molecule has 3 N–H and O–H groups in total. The molecule has 0 heterocycles. The zero-order valence-corrected chi connectivity index (χ0v) is 14.3. The minimum Gasteiger partial charge on any atom is -0.378 e. The van der Waals surface area contributed by atoms with Gasteiger partial charge in [0.2, 0.25) is 10.0 Å². The van der Waals surface area contributed by atoms with Crippen LogP contribution >= 0.6 is 0 Å². The smallest absolute Gasteiger partial charge is 0.240 e. The van der Waals surface area contributed by atoms with E-state index in [1.807, 2.05) is 6.92 Å². The second kappa shape index (κ2) is 11.5. The van der Waals surface area contributed by atoms with Crippen LogP contribution in [0.4, 0.5) is 0 Å². The van der Waals surface area contributed by atoms with Crippen molar-refractivity contribution in [1.82, 2.24) is 4.72 Å². The summed E-state index contributed by atoms with van der Waals surface area (Å²) < 4.78 is 42.2. The Labute approximate surface area is 138 Å². The summed E-state index contributed by atoms with van der Waals surface area (Å²) in [6.45, 7) is 5.29.